The van der Waals surface area contributed by atoms with Gasteiger partial charge >= 0.3 is 0 Å². The fraction of sp³-hybridized carbons (Fsp3) is 0.278. The molecule has 2 aromatic rings. The van der Waals surface area contributed by atoms with Crippen LogP contribution in [0.25, 0.3) is 0 Å². The average molecular weight is 408 g/mol. The molecule has 4 nitrogen and oxygen atoms in total. The van der Waals surface area contributed by atoms with E-state index in [0.717, 1.165) is 21.9 Å². The van der Waals surface area contributed by atoms with E-state index in [9.17, 15) is 4.21 Å². The van der Waals surface area contributed by atoms with Crippen LogP contribution < -0.4 is 5.32 Å². The molecule has 0 bridgehead atoms. The van der Waals surface area contributed by atoms with E-state index in [1.54, 1.807) is 7.05 Å². The fourth-order valence-electron chi connectivity index (χ4n) is 2.29. The van der Waals surface area contributed by atoms with Gasteiger partial charge in [0.2, 0.25) is 0 Å². The van der Waals surface area contributed by atoms with Crippen molar-refractivity contribution in [2.24, 2.45) is 4.99 Å². The van der Waals surface area contributed by atoms with E-state index in [2.05, 4.69) is 32.3 Å². The number of nitrogens with one attached hydrogen (secondary N) is 1. The van der Waals surface area contributed by atoms with Crippen LogP contribution in [0.4, 0.5) is 0 Å². The molecule has 0 aliphatic rings. The maximum absolute atomic E-state index is 12.2. The maximum atomic E-state index is 12.2. The third-order valence-corrected chi connectivity index (χ3v) is 5.66. The quantitative estimate of drug-likeness (QED) is 0.590. The molecule has 0 aliphatic heterocycles. The largest absolute Gasteiger partial charge is 0.355 e. The highest BCUT2D eigenvalue weighted by Gasteiger charge is 2.09. The van der Waals surface area contributed by atoms with E-state index in [0.29, 0.717) is 12.3 Å². The topological polar surface area (TPSA) is 44.7 Å². The van der Waals surface area contributed by atoms with Crippen molar-refractivity contribution >= 4 is 32.7 Å². The number of nitrogens with zero attached hydrogens (tertiary/aromatic N) is 2. The highest BCUT2D eigenvalue weighted by molar-refractivity contribution is 9.10. The lowest BCUT2D eigenvalue weighted by Gasteiger charge is -2.22. The number of halogens is 1. The summed E-state index contributed by atoms with van der Waals surface area (Å²) in [5, 5.41) is 3.28. The summed E-state index contributed by atoms with van der Waals surface area (Å²) < 4.78 is 13.3. The van der Waals surface area contributed by atoms with E-state index in [1.807, 2.05) is 60.5 Å². The molecule has 1 atom stereocenters. The molecule has 6 heteroatoms. The molecule has 0 amide bonds. The predicted octanol–water partition coefficient (Wildman–Crippen LogP) is 3.26. The number of guanidine groups is 1. The van der Waals surface area contributed by atoms with Gasteiger partial charge in [0.15, 0.2) is 5.96 Å². The molecule has 1 N–H and O–H groups in total. The standard InChI is InChI=1S/C18H22BrN3OS/c1-20-18(22(2)14-15-8-6-7-11-17(15)19)21-12-13-24(23)16-9-4-3-5-10-16/h3-11H,12-14H2,1-2H3,(H,20,21). The SMILES string of the molecule is CN=C(NCCS(=O)c1ccccc1)N(C)Cc1ccccc1Br. The van der Waals surface area contributed by atoms with Gasteiger partial charge in [-0.05, 0) is 23.8 Å². The fourth-order valence-corrected chi connectivity index (χ4v) is 3.68. The van der Waals surface area contributed by atoms with Crippen LogP contribution in [-0.2, 0) is 17.3 Å². The Hall–Kier alpha value is -1.66. The summed E-state index contributed by atoms with van der Waals surface area (Å²) in [6.45, 7) is 1.34. The Labute approximate surface area is 154 Å². The maximum Gasteiger partial charge on any atom is 0.193 e. The third kappa shape index (κ3) is 5.46. The highest BCUT2D eigenvalue weighted by Crippen LogP contribution is 2.17. The van der Waals surface area contributed by atoms with Gasteiger partial charge in [-0.15, -0.1) is 0 Å². The molecule has 0 saturated carbocycles. The minimum atomic E-state index is -1.00. The summed E-state index contributed by atoms with van der Waals surface area (Å²) in [4.78, 5) is 7.21. The molecule has 0 fully saturated rings. The van der Waals surface area contributed by atoms with Gasteiger partial charge < -0.3 is 10.2 Å². The van der Waals surface area contributed by atoms with Crippen LogP contribution in [0.2, 0.25) is 0 Å². The Balaban J connectivity index is 1.86. The smallest absolute Gasteiger partial charge is 0.193 e. The second kappa shape index (κ2) is 9.59. The first-order valence-corrected chi connectivity index (χ1v) is 9.81. The van der Waals surface area contributed by atoms with Gasteiger partial charge in [-0.3, -0.25) is 9.20 Å². The van der Waals surface area contributed by atoms with Gasteiger partial charge in [0.05, 0.1) is 10.8 Å². The van der Waals surface area contributed by atoms with E-state index < -0.39 is 10.8 Å². The monoisotopic (exact) mass is 407 g/mol. The van der Waals surface area contributed by atoms with Gasteiger partial charge in [0.25, 0.3) is 0 Å². The second-order valence-electron chi connectivity index (χ2n) is 5.28. The average Bonchev–Trinajstić information content (AvgIpc) is 2.61. The Kier molecular flexibility index (Phi) is 7.46. The molecule has 2 rings (SSSR count). The van der Waals surface area contributed by atoms with Crippen LogP contribution in [0, 0.1) is 0 Å². The highest BCUT2D eigenvalue weighted by atomic mass is 79.9. The van der Waals surface area contributed by atoms with Crippen LogP contribution in [0.1, 0.15) is 5.56 Å². The van der Waals surface area contributed by atoms with Crippen molar-refractivity contribution in [3.05, 3.63) is 64.6 Å². The van der Waals surface area contributed by atoms with Gasteiger partial charge in [0, 0.05) is 42.3 Å². The summed E-state index contributed by atoms with van der Waals surface area (Å²) in [7, 11) is 2.75. The summed E-state index contributed by atoms with van der Waals surface area (Å²) >= 11 is 3.57. The van der Waals surface area contributed by atoms with Gasteiger partial charge in [0.1, 0.15) is 0 Å². The van der Waals surface area contributed by atoms with Crippen LogP contribution in [0.5, 0.6) is 0 Å². The number of aliphatic imine (C=N–C) groups is 1. The van der Waals surface area contributed by atoms with Crippen molar-refractivity contribution in [3.8, 4) is 0 Å². The minimum Gasteiger partial charge on any atom is -0.355 e. The molecule has 1 unspecified atom stereocenters. The van der Waals surface area contributed by atoms with Gasteiger partial charge in [-0.25, -0.2) is 0 Å². The van der Waals surface area contributed by atoms with E-state index in [1.165, 1.54) is 5.56 Å². The summed E-state index contributed by atoms with van der Waals surface area (Å²) in [6, 6.07) is 17.7. The normalized spacial score (nSPS) is 12.7. The van der Waals surface area contributed by atoms with Crippen molar-refractivity contribution in [1.82, 2.24) is 10.2 Å². The zero-order valence-electron chi connectivity index (χ0n) is 13.9. The lowest BCUT2D eigenvalue weighted by molar-refractivity contribution is 0.478. The Morgan fingerprint density at radius 2 is 1.83 bits per heavy atom. The molecule has 128 valence electrons. The van der Waals surface area contributed by atoms with E-state index >= 15 is 0 Å². The second-order valence-corrected chi connectivity index (χ2v) is 7.71. The Bertz CT molecular complexity index is 706. The molecule has 0 heterocycles. The number of rotatable bonds is 6. The van der Waals surface area contributed by atoms with Crippen molar-refractivity contribution in [2.75, 3.05) is 26.4 Å². The molecule has 2 aromatic carbocycles. The molecule has 0 radical (unpaired) electrons. The lowest BCUT2D eigenvalue weighted by Crippen LogP contribution is -2.40. The van der Waals surface area contributed by atoms with Crippen molar-refractivity contribution in [1.29, 1.82) is 0 Å². The van der Waals surface area contributed by atoms with Crippen LogP contribution in [0.15, 0.2) is 69.0 Å². The molecular formula is C18H22BrN3OS. The molecule has 0 spiro atoms. The number of benzene rings is 2. The molecular weight excluding hydrogens is 386 g/mol. The molecule has 24 heavy (non-hydrogen) atoms. The molecule has 0 saturated heterocycles. The van der Waals surface area contributed by atoms with Crippen molar-refractivity contribution in [2.45, 2.75) is 11.4 Å². The third-order valence-electron chi connectivity index (χ3n) is 3.52. The van der Waals surface area contributed by atoms with Gasteiger partial charge in [-0.2, -0.15) is 0 Å². The van der Waals surface area contributed by atoms with Crippen LogP contribution in [-0.4, -0.2) is 41.5 Å². The summed E-state index contributed by atoms with van der Waals surface area (Å²) in [5.41, 5.74) is 1.19. The Morgan fingerprint density at radius 3 is 2.50 bits per heavy atom. The van der Waals surface area contributed by atoms with E-state index in [-0.39, 0.29) is 0 Å². The lowest BCUT2D eigenvalue weighted by atomic mass is 10.2. The van der Waals surface area contributed by atoms with Crippen molar-refractivity contribution in [3.63, 3.8) is 0 Å². The molecule has 0 aromatic heterocycles. The molecule has 0 aliphatic carbocycles. The summed E-state index contributed by atoms with van der Waals surface area (Å²) in [6.07, 6.45) is 0. The number of hydrogen-bond acceptors (Lipinski definition) is 2. The van der Waals surface area contributed by atoms with Crippen LogP contribution >= 0.6 is 15.9 Å². The zero-order valence-corrected chi connectivity index (χ0v) is 16.3. The Morgan fingerprint density at radius 1 is 1.17 bits per heavy atom. The first-order valence-electron chi connectivity index (χ1n) is 7.70. The first kappa shape index (κ1) is 18.7. The number of hydrogen-bond donors (Lipinski definition) is 1. The van der Waals surface area contributed by atoms with Crippen molar-refractivity contribution < 1.29 is 4.21 Å². The summed E-state index contributed by atoms with van der Waals surface area (Å²) in [5.74, 6) is 1.34. The minimum absolute atomic E-state index is 0.548. The van der Waals surface area contributed by atoms with E-state index in [4.69, 9.17) is 0 Å². The first-order chi connectivity index (χ1) is 11.6. The van der Waals surface area contributed by atoms with Crippen LogP contribution in [0.3, 0.4) is 0 Å². The zero-order chi connectivity index (χ0) is 17.4. The predicted molar refractivity (Wildman–Crippen MR) is 105 cm³/mol. The van der Waals surface area contributed by atoms with Gasteiger partial charge in [-0.1, -0.05) is 52.3 Å².